The molecule has 0 aromatic rings. The Hall–Kier alpha value is -1.38. The fraction of sp³-hybridized carbons (Fsp3) is 0.846. The van der Waals surface area contributed by atoms with E-state index in [1.807, 2.05) is 0 Å². The molecule has 22 heavy (non-hydrogen) atoms. The highest BCUT2D eigenvalue weighted by Crippen LogP contribution is 2.26. The molecule has 2 aliphatic heterocycles. The van der Waals surface area contributed by atoms with Gasteiger partial charge in [0.25, 0.3) is 0 Å². The molecule has 0 N–H and O–H groups in total. The van der Waals surface area contributed by atoms with Crippen LogP contribution >= 0.6 is 0 Å². The molecule has 2 amide bonds. The Bertz CT molecular complexity index is 571. The second kappa shape index (κ2) is 5.68. The van der Waals surface area contributed by atoms with Crippen LogP contribution in [0.5, 0.6) is 0 Å². The molecule has 0 saturated carbocycles. The fourth-order valence-corrected chi connectivity index (χ4v) is 3.41. The van der Waals surface area contributed by atoms with Crippen molar-refractivity contribution in [3.63, 3.8) is 0 Å². The van der Waals surface area contributed by atoms with Gasteiger partial charge in [0.1, 0.15) is 10.9 Å². The minimum absolute atomic E-state index is 0.148. The highest BCUT2D eigenvalue weighted by Gasteiger charge is 2.43. The van der Waals surface area contributed by atoms with Gasteiger partial charge in [-0.2, -0.15) is 8.42 Å². The first-order valence-electron chi connectivity index (χ1n) is 7.18. The molecule has 0 radical (unpaired) electrons. The van der Waals surface area contributed by atoms with Crippen LogP contribution in [-0.4, -0.2) is 66.7 Å². The average Bonchev–Trinajstić information content (AvgIpc) is 2.91. The zero-order valence-corrected chi connectivity index (χ0v) is 13.7. The van der Waals surface area contributed by atoms with Gasteiger partial charge < -0.3 is 14.5 Å². The number of carbonyl (C=O) groups is 2. The van der Waals surface area contributed by atoms with Gasteiger partial charge in [-0.15, -0.1) is 3.89 Å². The van der Waals surface area contributed by atoms with Crippen molar-refractivity contribution in [2.24, 2.45) is 0 Å². The number of halogens is 1. The highest BCUT2D eigenvalue weighted by molar-refractivity contribution is 7.87. The number of hydrogen-bond donors (Lipinski definition) is 0. The zero-order valence-electron chi connectivity index (χ0n) is 12.9. The second-order valence-electron chi connectivity index (χ2n) is 6.72. The molecule has 0 aromatic carbocycles. The number of rotatable bonds is 2. The maximum atomic E-state index is 13.0. The molecule has 2 aliphatic rings. The van der Waals surface area contributed by atoms with Crippen molar-refractivity contribution in [2.75, 3.05) is 19.6 Å². The van der Waals surface area contributed by atoms with Gasteiger partial charge in [0.05, 0.1) is 6.04 Å². The van der Waals surface area contributed by atoms with Gasteiger partial charge in [-0.3, -0.25) is 4.79 Å². The second-order valence-corrected chi connectivity index (χ2v) is 8.33. The average molecular weight is 336 g/mol. The summed E-state index contributed by atoms with van der Waals surface area (Å²) in [5.41, 5.74) is -0.605. The number of hydrogen-bond acceptors (Lipinski definition) is 5. The molecular weight excluding hydrogens is 315 g/mol. The van der Waals surface area contributed by atoms with Gasteiger partial charge >= 0.3 is 16.3 Å². The summed E-state index contributed by atoms with van der Waals surface area (Å²) in [5.74, 6) is -0.387. The molecule has 0 aromatic heterocycles. The van der Waals surface area contributed by atoms with Gasteiger partial charge in [-0.05, 0) is 27.2 Å². The number of ether oxygens (including phenoxy) is 1. The summed E-state index contributed by atoms with van der Waals surface area (Å²) in [6.45, 7) is 5.85. The Labute approximate surface area is 129 Å². The molecule has 0 spiro atoms. The Morgan fingerprint density at radius 3 is 2.45 bits per heavy atom. The lowest BCUT2D eigenvalue weighted by Gasteiger charge is -2.26. The molecule has 2 atom stereocenters. The molecule has 7 nitrogen and oxygen atoms in total. The molecule has 9 heteroatoms. The molecular formula is C13H21FN2O5S. The molecule has 0 aliphatic carbocycles. The van der Waals surface area contributed by atoms with Crippen molar-refractivity contribution in [2.45, 2.75) is 50.5 Å². The lowest BCUT2D eigenvalue weighted by Crippen LogP contribution is -2.41. The van der Waals surface area contributed by atoms with Crippen molar-refractivity contribution in [3.05, 3.63) is 0 Å². The van der Waals surface area contributed by atoms with Crippen LogP contribution in [0.2, 0.25) is 0 Å². The largest absolute Gasteiger partial charge is 0.444 e. The molecule has 2 heterocycles. The monoisotopic (exact) mass is 336 g/mol. The van der Waals surface area contributed by atoms with Crippen LogP contribution in [0.4, 0.5) is 8.68 Å². The first-order chi connectivity index (χ1) is 9.97. The van der Waals surface area contributed by atoms with Crippen molar-refractivity contribution in [3.8, 4) is 0 Å². The maximum Gasteiger partial charge on any atom is 0.410 e. The summed E-state index contributed by atoms with van der Waals surface area (Å²) in [5, 5.41) is -1.30. The minimum Gasteiger partial charge on any atom is -0.444 e. The number of likely N-dealkylation sites (tertiary alicyclic amines) is 2. The Morgan fingerprint density at radius 1 is 1.32 bits per heavy atom. The van der Waals surface area contributed by atoms with E-state index in [4.69, 9.17) is 4.74 Å². The first-order valence-corrected chi connectivity index (χ1v) is 8.63. The third kappa shape index (κ3) is 3.88. The van der Waals surface area contributed by atoms with Gasteiger partial charge in [0.2, 0.25) is 5.91 Å². The lowest BCUT2D eigenvalue weighted by molar-refractivity contribution is -0.129. The van der Waals surface area contributed by atoms with Gasteiger partial charge in [0, 0.05) is 26.1 Å². The topological polar surface area (TPSA) is 84.0 Å². The van der Waals surface area contributed by atoms with E-state index in [0.29, 0.717) is 13.0 Å². The van der Waals surface area contributed by atoms with E-state index in [-0.39, 0.29) is 31.5 Å². The predicted molar refractivity (Wildman–Crippen MR) is 76.4 cm³/mol. The van der Waals surface area contributed by atoms with E-state index in [1.54, 1.807) is 20.8 Å². The Morgan fingerprint density at radius 2 is 1.95 bits per heavy atom. The van der Waals surface area contributed by atoms with E-state index < -0.39 is 27.2 Å². The van der Waals surface area contributed by atoms with Crippen molar-refractivity contribution < 1.29 is 26.6 Å². The molecule has 2 saturated heterocycles. The summed E-state index contributed by atoms with van der Waals surface area (Å²) in [6, 6.07) is -0.285. The van der Waals surface area contributed by atoms with Crippen LogP contribution in [0.25, 0.3) is 0 Å². The van der Waals surface area contributed by atoms with Crippen LogP contribution in [0.3, 0.4) is 0 Å². The van der Waals surface area contributed by atoms with Crippen molar-refractivity contribution in [1.29, 1.82) is 0 Å². The lowest BCUT2D eigenvalue weighted by atomic mass is 10.2. The summed E-state index contributed by atoms with van der Waals surface area (Å²) in [7, 11) is -4.72. The number of carbonyl (C=O) groups excluding carboxylic acids is 2. The van der Waals surface area contributed by atoms with Crippen LogP contribution in [-0.2, 0) is 19.8 Å². The van der Waals surface area contributed by atoms with Crippen molar-refractivity contribution >= 4 is 22.2 Å². The standard InChI is InChI=1S/C13H21FN2O5S/c1-13(2,3)21-12(18)15-5-4-9(7-15)16-8-10(6-11(16)17)22(14,19)20/h9-10H,4-8H2,1-3H3/t9-,10?/m1/s1. The zero-order chi connectivity index (χ0) is 16.7. The van der Waals surface area contributed by atoms with E-state index in [0.717, 1.165) is 0 Å². The van der Waals surface area contributed by atoms with Crippen LogP contribution in [0.15, 0.2) is 0 Å². The quantitative estimate of drug-likeness (QED) is 0.700. The third-order valence-corrected chi connectivity index (χ3v) is 4.89. The Kier molecular flexibility index (Phi) is 4.38. The van der Waals surface area contributed by atoms with Crippen LogP contribution < -0.4 is 0 Å². The molecule has 2 rings (SSSR count). The predicted octanol–water partition coefficient (Wildman–Crippen LogP) is 0.896. The van der Waals surface area contributed by atoms with E-state index in [1.165, 1.54) is 9.80 Å². The third-order valence-electron chi connectivity index (χ3n) is 3.78. The highest BCUT2D eigenvalue weighted by atomic mass is 32.3. The minimum atomic E-state index is -4.72. The summed E-state index contributed by atoms with van der Waals surface area (Å²) < 4.78 is 40.2. The number of amides is 2. The summed E-state index contributed by atoms with van der Waals surface area (Å²) >= 11 is 0. The fourth-order valence-electron chi connectivity index (χ4n) is 2.73. The van der Waals surface area contributed by atoms with E-state index in [2.05, 4.69) is 0 Å². The molecule has 0 bridgehead atoms. The van der Waals surface area contributed by atoms with Crippen LogP contribution in [0.1, 0.15) is 33.6 Å². The Balaban J connectivity index is 1.96. The first kappa shape index (κ1) is 17.0. The van der Waals surface area contributed by atoms with Gasteiger partial charge in [-0.1, -0.05) is 0 Å². The van der Waals surface area contributed by atoms with E-state index in [9.17, 15) is 21.9 Å². The normalized spacial score (nSPS) is 26.6. The SMILES string of the molecule is CC(C)(C)OC(=O)N1CC[C@@H](N2CC(S(=O)(=O)F)CC2=O)C1. The van der Waals surface area contributed by atoms with E-state index >= 15 is 0 Å². The summed E-state index contributed by atoms with van der Waals surface area (Å²) in [6.07, 6.45) is -0.262. The maximum absolute atomic E-state index is 13.0. The van der Waals surface area contributed by atoms with Crippen molar-refractivity contribution in [1.82, 2.24) is 9.80 Å². The molecule has 1 unspecified atom stereocenters. The van der Waals surface area contributed by atoms with Gasteiger partial charge in [0.15, 0.2) is 0 Å². The number of nitrogens with zero attached hydrogens (tertiary/aromatic N) is 2. The van der Waals surface area contributed by atoms with Gasteiger partial charge in [-0.25, -0.2) is 4.79 Å². The molecule has 2 fully saturated rings. The smallest absolute Gasteiger partial charge is 0.410 e. The summed E-state index contributed by atoms with van der Waals surface area (Å²) in [4.78, 5) is 26.7. The van der Waals surface area contributed by atoms with Crippen LogP contribution in [0, 0.1) is 0 Å². The molecule has 126 valence electrons.